The number of amides is 1. The first-order chi connectivity index (χ1) is 7.79. The van der Waals surface area contributed by atoms with Crippen molar-refractivity contribution in [3.8, 4) is 0 Å². The lowest BCUT2D eigenvalue weighted by Gasteiger charge is -2.16. The smallest absolute Gasteiger partial charge is 0.411 e. The zero-order valence-corrected chi connectivity index (χ0v) is 9.27. The number of pyridine rings is 1. The molecule has 0 atom stereocenters. The Kier molecular flexibility index (Phi) is 3.24. The lowest BCUT2D eigenvalue weighted by atomic mass is 10.4. The predicted molar refractivity (Wildman–Crippen MR) is 61.7 cm³/mol. The van der Waals surface area contributed by atoms with Crippen LogP contribution in [0.2, 0.25) is 0 Å². The van der Waals surface area contributed by atoms with Crippen LogP contribution in [0.4, 0.5) is 16.3 Å². The van der Waals surface area contributed by atoms with Gasteiger partial charge in [0.25, 0.3) is 0 Å². The van der Waals surface area contributed by atoms with E-state index < -0.39 is 6.09 Å². The highest BCUT2D eigenvalue weighted by molar-refractivity contribution is 5.84. The highest BCUT2D eigenvalue weighted by atomic mass is 16.5. The van der Waals surface area contributed by atoms with E-state index in [1.807, 2.05) is 12.1 Å². The number of nitrogens with one attached hydrogen (secondary N) is 1. The monoisotopic (exact) mass is 221 g/mol. The maximum Gasteiger partial charge on any atom is 0.411 e. The lowest BCUT2D eigenvalue weighted by molar-refractivity contribution is 0.187. The van der Waals surface area contributed by atoms with E-state index in [-0.39, 0.29) is 0 Å². The van der Waals surface area contributed by atoms with Crippen molar-refractivity contribution >= 4 is 17.6 Å². The van der Waals surface area contributed by atoms with Gasteiger partial charge in [0.1, 0.15) is 5.82 Å². The molecular weight excluding hydrogens is 206 g/mol. The fourth-order valence-corrected chi connectivity index (χ4v) is 1.76. The highest BCUT2D eigenvalue weighted by Gasteiger charge is 2.13. The average Bonchev–Trinajstić information content (AvgIpc) is 2.83. The van der Waals surface area contributed by atoms with Crippen molar-refractivity contribution in [3.05, 3.63) is 18.3 Å². The summed E-state index contributed by atoms with van der Waals surface area (Å²) in [4.78, 5) is 17.5. The fourth-order valence-electron chi connectivity index (χ4n) is 1.76. The van der Waals surface area contributed by atoms with Crippen molar-refractivity contribution < 1.29 is 9.53 Å². The Balaban J connectivity index is 2.01. The van der Waals surface area contributed by atoms with Crippen LogP contribution in [-0.4, -0.2) is 31.3 Å². The summed E-state index contributed by atoms with van der Waals surface area (Å²) in [6.07, 6.45) is 3.62. The molecule has 16 heavy (non-hydrogen) atoms. The summed E-state index contributed by atoms with van der Waals surface area (Å²) in [5.74, 6) is 0.966. The molecule has 1 fully saturated rings. The number of rotatable bonds is 2. The maximum atomic E-state index is 11.0. The predicted octanol–water partition coefficient (Wildman–Crippen LogP) is 1.86. The SMILES string of the molecule is COC(=O)Nc1ccc(N2CCCC2)nc1. The number of carbonyl (C=O) groups is 1. The quantitative estimate of drug-likeness (QED) is 0.828. The Bertz CT molecular complexity index is 358. The Morgan fingerprint density at radius 3 is 2.75 bits per heavy atom. The number of hydrogen-bond acceptors (Lipinski definition) is 4. The first kappa shape index (κ1) is 10.7. The van der Waals surface area contributed by atoms with Gasteiger partial charge in [-0.2, -0.15) is 0 Å². The Hall–Kier alpha value is -1.78. The van der Waals surface area contributed by atoms with Gasteiger partial charge in [0.05, 0.1) is 19.0 Å². The van der Waals surface area contributed by atoms with E-state index >= 15 is 0 Å². The Morgan fingerprint density at radius 2 is 2.19 bits per heavy atom. The maximum absolute atomic E-state index is 11.0. The van der Waals surface area contributed by atoms with E-state index in [1.165, 1.54) is 20.0 Å². The van der Waals surface area contributed by atoms with Gasteiger partial charge < -0.3 is 9.64 Å². The van der Waals surface area contributed by atoms with E-state index in [4.69, 9.17) is 0 Å². The van der Waals surface area contributed by atoms with Crippen LogP contribution in [0.3, 0.4) is 0 Å². The molecule has 1 aliphatic heterocycles. The second kappa shape index (κ2) is 4.83. The molecule has 1 saturated heterocycles. The molecule has 86 valence electrons. The van der Waals surface area contributed by atoms with E-state index in [1.54, 1.807) is 6.20 Å². The molecule has 2 heterocycles. The molecule has 0 aliphatic carbocycles. The van der Waals surface area contributed by atoms with Gasteiger partial charge in [-0.05, 0) is 25.0 Å². The van der Waals surface area contributed by atoms with E-state index in [9.17, 15) is 4.79 Å². The normalized spacial score (nSPS) is 14.9. The fraction of sp³-hybridized carbons (Fsp3) is 0.455. The minimum Gasteiger partial charge on any atom is -0.453 e. The van der Waals surface area contributed by atoms with Crippen LogP contribution in [0.1, 0.15) is 12.8 Å². The molecule has 1 N–H and O–H groups in total. The first-order valence-corrected chi connectivity index (χ1v) is 5.35. The van der Waals surface area contributed by atoms with Crippen LogP contribution in [-0.2, 0) is 4.74 Å². The minimum atomic E-state index is -0.476. The molecule has 1 aromatic rings. The summed E-state index contributed by atoms with van der Waals surface area (Å²) >= 11 is 0. The van der Waals surface area contributed by atoms with E-state index in [0.717, 1.165) is 18.9 Å². The molecule has 0 aromatic carbocycles. The largest absolute Gasteiger partial charge is 0.453 e. The minimum absolute atomic E-state index is 0.476. The number of anilines is 2. The number of methoxy groups -OCH3 is 1. The molecule has 0 radical (unpaired) electrons. The molecule has 0 unspecified atom stereocenters. The third-order valence-corrected chi connectivity index (χ3v) is 2.61. The molecule has 1 aliphatic rings. The molecule has 2 rings (SSSR count). The van der Waals surface area contributed by atoms with Gasteiger partial charge in [0, 0.05) is 13.1 Å². The summed E-state index contributed by atoms with van der Waals surface area (Å²) in [6, 6.07) is 3.74. The second-order valence-corrected chi connectivity index (χ2v) is 3.72. The molecule has 1 amide bonds. The summed E-state index contributed by atoms with van der Waals surface area (Å²) in [6.45, 7) is 2.13. The number of ether oxygens (including phenoxy) is 1. The molecule has 0 saturated carbocycles. The number of nitrogens with zero attached hydrogens (tertiary/aromatic N) is 2. The van der Waals surface area contributed by atoms with Crippen molar-refractivity contribution in [2.45, 2.75) is 12.8 Å². The third-order valence-electron chi connectivity index (χ3n) is 2.61. The Morgan fingerprint density at radius 1 is 1.44 bits per heavy atom. The molecule has 5 nitrogen and oxygen atoms in total. The summed E-state index contributed by atoms with van der Waals surface area (Å²) in [5, 5.41) is 2.57. The van der Waals surface area contributed by atoms with Gasteiger partial charge in [-0.15, -0.1) is 0 Å². The number of hydrogen-bond donors (Lipinski definition) is 1. The number of carbonyl (C=O) groups excluding carboxylic acids is 1. The van der Waals surface area contributed by atoms with Crippen LogP contribution in [0.15, 0.2) is 18.3 Å². The van der Waals surface area contributed by atoms with Crippen LogP contribution in [0, 0.1) is 0 Å². The van der Waals surface area contributed by atoms with E-state index in [0.29, 0.717) is 5.69 Å². The van der Waals surface area contributed by atoms with Gasteiger partial charge in [-0.3, -0.25) is 5.32 Å². The van der Waals surface area contributed by atoms with E-state index in [2.05, 4.69) is 19.9 Å². The standard InChI is InChI=1S/C11H15N3O2/c1-16-11(15)13-9-4-5-10(12-8-9)14-6-2-3-7-14/h4-5,8H,2-3,6-7H2,1H3,(H,13,15). The molecule has 1 aromatic heterocycles. The van der Waals surface area contributed by atoms with Crippen molar-refractivity contribution in [1.29, 1.82) is 0 Å². The van der Waals surface area contributed by atoms with Gasteiger partial charge in [0.15, 0.2) is 0 Å². The summed E-state index contributed by atoms with van der Waals surface area (Å²) in [5.41, 5.74) is 0.648. The second-order valence-electron chi connectivity index (χ2n) is 3.72. The zero-order chi connectivity index (χ0) is 11.4. The molecular formula is C11H15N3O2. The third kappa shape index (κ3) is 2.42. The zero-order valence-electron chi connectivity index (χ0n) is 9.27. The molecule has 0 spiro atoms. The highest BCUT2D eigenvalue weighted by Crippen LogP contribution is 2.18. The van der Waals surface area contributed by atoms with Crippen molar-refractivity contribution in [1.82, 2.24) is 4.98 Å². The van der Waals surface area contributed by atoms with Gasteiger partial charge in [0.2, 0.25) is 0 Å². The van der Waals surface area contributed by atoms with Gasteiger partial charge in [-0.25, -0.2) is 9.78 Å². The summed E-state index contributed by atoms with van der Waals surface area (Å²) in [7, 11) is 1.33. The first-order valence-electron chi connectivity index (χ1n) is 5.35. The lowest BCUT2D eigenvalue weighted by Crippen LogP contribution is -2.19. The van der Waals surface area contributed by atoms with Crippen molar-refractivity contribution in [2.24, 2.45) is 0 Å². The average molecular weight is 221 g/mol. The number of aromatic nitrogens is 1. The topological polar surface area (TPSA) is 54.5 Å². The molecule has 5 heteroatoms. The van der Waals surface area contributed by atoms with Gasteiger partial charge >= 0.3 is 6.09 Å². The van der Waals surface area contributed by atoms with Crippen LogP contribution < -0.4 is 10.2 Å². The van der Waals surface area contributed by atoms with Gasteiger partial charge in [-0.1, -0.05) is 0 Å². The summed E-state index contributed by atoms with van der Waals surface area (Å²) < 4.78 is 4.50. The Labute approximate surface area is 94.4 Å². The van der Waals surface area contributed by atoms with Crippen molar-refractivity contribution in [2.75, 3.05) is 30.4 Å². The van der Waals surface area contributed by atoms with Crippen LogP contribution in [0.5, 0.6) is 0 Å². The van der Waals surface area contributed by atoms with Crippen LogP contribution in [0.25, 0.3) is 0 Å². The molecule has 0 bridgehead atoms. The van der Waals surface area contributed by atoms with Crippen molar-refractivity contribution in [3.63, 3.8) is 0 Å². The van der Waals surface area contributed by atoms with Crippen LogP contribution >= 0.6 is 0 Å².